The number of ether oxygens (including phenoxy) is 1. The first-order valence-corrected chi connectivity index (χ1v) is 7.69. The number of nitrogens with zero attached hydrogens (tertiary/aromatic N) is 2. The average molecular weight is 291 g/mol. The molecule has 0 spiro atoms. The van der Waals surface area contributed by atoms with E-state index >= 15 is 0 Å². The van der Waals surface area contributed by atoms with Crippen LogP contribution in [0.25, 0.3) is 0 Å². The molecule has 2 N–H and O–H groups in total. The highest BCUT2D eigenvalue weighted by Crippen LogP contribution is 2.34. The van der Waals surface area contributed by atoms with Crippen LogP contribution >= 0.6 is 11.8 Å². The van der Waals surface area contributed by atoms with Crippen LogP contribution in [0.5, 0.6) is 11.5 Å². The van der Waals surface area contributed by atoms with Gasteiger partial charge in [0.05, 0.1) is 5.69 Å². The van der Waals surface area contributed by atoms with Crippen LogP contribution in [-0.2, 0) is 13.6 Å². The van der Waals surface area contributed by atoms with Gasteiger partial charge in [0.15, 0.2) is 5.75 Å². The molecule has 2 aromatic rings. The fourth-order valence-electron chi connectivity index (χ4n) is 2.14. The lowest BCUT2D eigenvalue weighted by molar-refractivity contribution is 0.466. The molecule has 0 saturated carbocycles. The highest BCUT2D eigenvalue weighted by atomic mass is 32.2. The fraction of sp³-hybridized carbons (Fsp3) is 0.400. The van der Waals surface area contributed by atoms with Gasteiger partial charge in [0, 0.05) is 24.1 Å². The number of aromatic nitrogens is 2. The van der Waals surface area contributed by atoms with Crippen LogP contribution < -0.4 is 10.5 Å². The molecule has 1 aromatic carbocycles. The summed E-state index contributed by atoms with van der Waals surface area (Å²) >= 11 is 1.78. The van der Waals surface area contributed by atoms with Gasteiger partial charge in [-0.3, -0.25) is 4.68 Å². The summed E-state index contributed by atoms with van der Waals surface area (Å²) in [6.45, 7) is 6.56. The number of nitrogens with two attached hydrogens (primary N) is 1. The first kappa shape index (κ1) is 14.9. The Morgan fingerprint density at radius 1 is 1.35 bits per heavy atom. The van der Waals surface area contributed by atoms with Crippen molar-refractivity contribution >= 4 is 11.8 Å². The van der Waals surface area contributed by atoms with Crippen molar-refractivity contribution in [2.75, 3.05) is 5.75 Å². The zero-order valence-electron chi connectivity index (χ0n) is 12.4. The van der Waals surface area contributed by atoms with Gasteiger partial charge in [0.25, 0.3) is 0 Å². The predicted molar refractivity (Wildman–Crippen MR) is 83.5 cm³/mol. The Bertz CT molecular complexity index is 607. The highest BCUT2D eigenvalue weighted by molar-refractivity contribution is 7.99. The Labute approximate surface area is 124 Å². The average Bonchev–Trinajstić information content (AvgIpc) is 2.66. The van der Waals surface area contributed by atoms with Gasteiger partial charge in [0.2, 0.25) is 0 Å². The molecule has 0 aliphatic carbocycles. The smallest absolute Gasteiger partial charge is 0.171 e. The molecular weight excluding hydrogens is 270 g/mol. The van der Waals surface area contributed by atoms with Gasteiger partial charge in [-0.2, -0.15) is 5.10 Å². The highest BCUT2D eigenvalue weighted by Gasteiger charge is 2.15. The number of rotatable bonds is 5. The van der Waals surface area contributed by atoms with Crippen molar-refractivity contribution < 1.29 is 4.74 Å². The van der Waals surface area contributed by atoms with E-state index in [9.17, 15) is 0 Å². The second-order valence-electron chi connectivity index (χ2n) is 4.60. The maximum atomic E-state index is 6.09. The van der Waals surface area contributed by atoms with E-state index in [4.69, 9.17) is 10.5 Å². The van der Waals surface area contributed by atoms with Crippen molar-refractivity contribution in [3.05, 3.63) is 35.2 Å². The number of thioether (sulfide) groups is 1. The van der Waals surface area contributed by atoms with E-state index in [-0.39, 0.29) is 0 Å². The SMILES string of the molecule is CCSc1cccc(Oc2c(C)nn(C)c2C)c1CN. The van der Waals surface area contributed by atoms with E-state index in [1.165, 1.54) is 4.90 Å². The van der Waals surface area contributed by atoms with Crippen molar-refractivity contribution in [1.29, 1.82) is 0 Å². The molecule has 0 fully saturated rings. The van der Waals surface area contributed by atoms with Crippen molar-refractivity contribution in [3.8, 4) is 11.5 Å². The molecule has 0 bridgehead atoms. The Morgan fingerprint density at radius 3 is 2.65 bits per heavy atom. The summed E-state index contributed by atoms with van der Waals surface area (Å²) in [6.07, 6.45) is 0. The fourth-order valence-corrected chi connectivity index (χ4v) is 2.99. The van der Waals surface area contributed by atoms with E-state index < -0.39 is 0 Å². The van der Waals surface area contributed by atoms with Crippen LogP contribution in [0.2, 0.25) is 0 Å². The third-order valence-corrected chi connectivity index (χ3v) is 4.23. The number of hydrogen-bond acceptors (Lipinski definition) is 4. The van der Waals surface area contributed by atoms with Gasteiger partial charge in [-0.05, 0) is 31.7 Å². The largest absolute Gasteiger partial charge is 0.453 e. The third kappa shape index (κ3) is 2.83. The summed E-state index contributed by atoms with van der Waals surface area (Å²) in [6, 6.07) is 6.06. The lowest BCUT2D eigenvalue weighted by Gasteiger charge is -2.13. The van der Waals surface area contributed by atoms with Crippen LogP contribution in [0.1, 0.15) is 23.9 Å². The predicted octanol–water partition coefficient (Wildman–Crippen LogP) is 3.40. The lowest BCUT2D eigenvalue weighted by Crippen LogP contribution is -2.02. The van der Waals surface area contributed by atoms with Crippen molar-refractivity contribution in [2.24, 2.45) is 12.8 Å². The maximum absolute atomic E-state index is 6.09. The van der Waals surface area contributed by atoms with Crippen LogP contribution in [0.3, 0.4) is 0 Å². The summed E-state index contributed by atoms with van der Waals surface area (Å²) < 4.78 is 7.92. The van der Waals surface area contributed by atoms with E-state index in [1.807, 2.05) is 37.7 Å². The molecule has 0 aliphatic rings. The maximum Gasteiger partial charge on any atom is 0.171 e. The molecule has 20 heavy (non-hydrogen) atoms. The first-order chi connectivity index (χ1) is 9.58. The van der Waals surface area contributed by atoms with Crippen LogP contribution in [0, 0.1) is 13.8 Å². The molecule has 0 amide bonds. The Kier molecular flexibility index (Phi) is 4.73. The zero-order valence-corrected chi connectivity index (χ0v) is 13.3. The Morgan fingerprint density at radius 2 is 2.10 bits per heavy atom. The molecule has 1 heterocycles. The van der Waals surface area contributed by atoms with Crippen LogP contribution in [0.4, 0.5) is 0 Å². The molecule has 2 rings (SSSR count). The molecule has 5 heteroatoms. The summed E-state index contributed by atoms with van der Waals surface area (Å²) in [5, 5.41) is 4.38. The van der Waals surface area contributed by atoms with Gasteiger partial charge in [-0.1, -0.05) is 13.0 Å². The number of benzene rings is 1. The first-order valence-electron chi connectivity index (χ1n) is 6.71. The molecule has 0 aliphatic heterocycles. The van der Waals surface area contributed by atoms with Gasteiger partial charge in [0.1, 0.15) is 11.4 Å². The molecule has 0 atom stereocenters. The summed E-state index contributed by atoms with van der Waals surface area (Å²) in [5.41, 5.74) is 8.86. The van der Waals surface area contributed by atoms with Gasteiger partial charge >= 0.3 is 0 Å². The van der Waals surface area contributed by atoms with E-state index in [1.54, 1.807) is 11.8 Å². The normalized spacial score (nSPS) is 10.8. The minimum absolute atomic E-state index is 0.469. The molecule has 0 saturated heterocycles. The Balaban J connectivity index is 2.40. The zero-order chi connectivity index (χ0) is 14.7. The quantitative estimate of drug-likeness (QED) is 0.858. The number of aryl methyl sites for hydroxylation is 2. The monoisotopic (exact) mass is 291 g/mol. The van der Waals surface area contributed by atoms with Gasteiger partial charge < -0.3 is 10.5 Å². The molecule has 1 aromatic heterocycles. The van der Waals surface area contributed by atoms with Crippen LogP contribution in [-0.4, -0.2) is 15.5 Å². The number of hydrogen-bond donors (Lipinski definition) is 1. The standard InChI is InChI=1S/C15H21N3OS/c1-5-20-14-8-6-7-13(12(14)9-16)19-15-10(2)17-18(4)11(15)3/h6-8H,5,9,16H2,1-4H3. The van der Waals surface area contributed by atoms with Crippen molar-refractivity contribution in [1.82, 2.24) is 9.78 Å². The summed E-state index contributed by atoms with van der Waals surface area (Å²) in [7, 11) is 1.92. The van der Waals surface area contributed by atoms with Gasteiger partial charge in [-0.15, -0.1) is 11.8 Å². The third-order valence-electron chi connectivity index (χ3n) is 3.25. The second-order valence-corrected chi connectivity index (χ2v) is 5.90. The van der Waals surface area contributed by atoms with E-state index in [0.29, 0.717) is 6.54 Å². The molecule has 108 valence electrons. The topological polar surface area (TPSA) is 53.1 Å². The minimum atomic E-state index is 0.469. The molecule has 0 radical (unpaired) electrons. The second kappa shape index (κ2) is 6.33. The molecular formula is C15H21N3OS. The molecule has 0 unspecified atom stereocenters. The summed E-state index contributed by atoms with van der Waals surface area (Å²) in [5.74, 6) is 2.66. The van der Waals surface area contributed by atoms with E-state index in [2.05, 4.69) is 18.1 Å². The lowest BCUT2D eigenvalue weighted by atomic mass is 10.2. The van der Waals surface area contributed by atoms with Crippen molar-refractivity contribution in [3.63, 3.8) is 0 Å². The van der Waals surface area contributed by atoms with E-state index in [0.717, 1.165) is 34.2 Å². The van der Waals surface area contributed by atoms with Crippen molar-refractivity contribution in [2.45, 2.75) is 32.2 Å². The minimum Gasteiger partial charge on any atom is -0.453 e. The Hall–Kier alpha value is -1.46. The molecule has 4 nitrogen and oxygen atoms in total. The van der Waals surface area contributed by atoms with Crippen LogP contribution in [0.15, 0.2) is 23.1 Å². The van der Waals surface area contributed by atoms with Gasteiger partial charge in [-0.25, -0.2) is 0 Å². The summed E-state index contributed by atoms with van der Waals surface area (Å²) in [4.78, 5) is 1.19.